The van der Waals surface area contributed by atoms with Crippen LogP contribution in [0.1, 0.15) is 33.1 Å². The minimum Gasteiger partial charge on any atom is -0.372 e. The summed E-state index contributed by atoms with van der Waals surface area (Å²) in [6.07, 6.45) is 3.05. The van der Waals surface area contributed by atoms with Crippen molar-refractivity contribution < 1.29 is 9.53 Å². The first-order valence-electron chi connectivity index (χ1n) is 6.26. The molecule has 1 saturated heterocycles. The fraction of sp³-hybridized carbons (Fsp3) is 0.917. The van der Waals surface area contributed by atoms with E-state index >= 15 is 0 Å². The molecular formula is C12H25ClN2O2. The number of carbonyl (C=O) groups excluding carboxylic acids is 1. The topological polar surface area (TPSA) is 55.6 Å². The van der Waals surface area contributed by atoms with Gasteiger partial charge in [0.05, 0.1) is 0 Å². The number of piperidine rings is 1. The van der Waals surface area contributed by atoms with Gasteiger partial charge in [0.25, 0.3) is 0 Å². The maximum Gasteiger partial charge on any atom is 0.248 e. The van der Waals surface area contributed by atoms with Crippen LogP contribution in [0, 0.1) is 5.92 Å². The molecule has 102 valence electrons. The van der Waals surface area contributed by atoms with Gasteiger partial charge >= 0.3 is 0 Å². The molecule has 1 rings (SSSR count). The lowest BCUT2D eigenvalue weighted by Gasteiger charge is -2.37. The molecule has 5 heteroatoms. The number of hydrogen-bond donors (Lipinski definition) is 1. The van der Waals surface area contributed by atoms with E-state index in [4.69, 9.17) is 10.5 Å². The van der Waals surface area contributed by atoms with Crippen LogP contribution in [-0.4, -0.2) is 43.2 Å². The third kappa shape index (κ3) is 5.23. The predicted molar refractivity (Wildman–Crippen MR) is 71.3 cm³/mol. The van der Waals surface area contributed by atoms with E-state index in [1.54, 1.807) is 0 Å². The molecule has 4 nitrogen and oxygen atoms in total. The average Bonchev–Trinajstić information content (AvgIpc) is 2.29. The Labute approximate surface area is 110 Å². The van der Waals surface area contributed by atoms with Crippen LogP contribution in [0.4, 0.5) is 0 Å². The van der Waals surface area contributed by atoms with E-state index in [0.29, 0.717) is 19.1 Å². The van der Waals surface area contributed by atoms with Gasteiger partial charge in [-0.05, 0) is 25.2 Å². The van der Waals surface area contributed by atoms with E-state index in [0.717, 1.165) is 25.8 Å². The van der Waals surface area contributed by atoms with Crippen LogP contribution in [-0.2, 0) is 9.53 Å². The molecule has 17 heavy (non-hydrogen) atoms. The second kappa shape index (κ2) is 8.72. The Bertz CT molecular complexity index is 227. The number of likely N-dealkylation sites (tertiary alicyclic amines) is 1. The van der Waals surface area contributed by atoms with Crippen LogP contribution in [0.5, 0.6) is 0 Å². The van der Waals surface area contributed by atoms with E-state index in [1.807, 2.05) is 11.8 Å². The molecule has 1 amide bonds. The number of rotatable bonds is 5. The van der Waals surface area contributed by atoms with Crippen LogP contribution in [0.15, 0.2) is 0 Å². The first kappa shape index (κ1) is 16.7. The number of hydrogen-bond acceptors (Lipinski definition) is 3. The summed E-state index contributed by atoms with van der Waals surface area (Å²) in [7, 11) is 0. The molecule has 0 spiro atoms. The van der Waals surface area contributed by atoms with E-state index in [2.05, 4.69) is 6.92 Å². The standard InChI is InChI=1S/C12H24N2O2.ClH/c1-3-6-16-9-12(15)14-5-4-10(2)7-11(14)8-13;/h10-11H,3-9,13H2,1-2H3;1H. The second-order valence-electron chi connectivity index (χ2n) is 4.66. The maximum atomic E-state index is 11.9. The summed E-state index contributed by atoms with van der Waals surface area (Å²) in [6, 6.07) is 0.210. The molecule has 2 atom stereocenters. The number of carbonyl (C=O) groups is 1. The van der Waals surface area contributed by atoms with E-state index in [9.17, 15) is 4.79 Å². The molecule has 1 aliphatic heterocycles. The summed E-state index contributed by atoms with van der Waals surface area (Å²) < 4.78 is 5.29. The highest BCUT2D eigenvalue weighted by Gasteiger charge is 2.28. The van der Waals surface area contributed by atoms with Crippen LogP contribution in [0.25, 0.3) is 0 Å². The van der Waals surface area contributed by atoms with Gasteiger partial charge in [-0.15, -0.1) is 12.4 Å². The fourth-order valence-corrected chi connectivity index (χ4v) is 2.19. The molecule has 2 unspecified atom stereocenters. The van der Waals surface area contributed by atoms with E-state index in [-0.39, 0.29) is 31.0 Å². The highest BCUT2D eigenvalue weighted by molar-refractivity contribution is 5.85. The van der Waals surface area contributed by atoms with Crippen molar-refractivity contribution in [1.82, 2.24) is 4.90 Å². The van der Waals surface area contributed by atoms with Gasteiger partial charge in [0.15, 0.2) is 0 Å². The lowest BCUT2D eigenvalue weighted by molar-refractivity contribution is -0.140. The maximum absolute atomic E-state index is 11.9. The molecule has 0 aromatic carbocycles. The molecule has 2 N–H and O–H groups in total. The summed E-state index contributed by atoms with van der Waals surface area (Å²) in [6.45, 7) is 6.51. The summed E-state index contributed by atoms with van der Waals surface area (Å²) in [4.78, 5) is 13.8. The molecular weight excluding hydrogens is 240 g/mol. The number of halogens is 1. The molecule has 1 aliphatic rings. The lowest BCUT2D eigenvalue weighted by atomic mass is 9.92. The van der Waals surface area contributed by atoms with Gasteiger partial charge in [-0.1, -0.05) is 13.8 Å². The Hall–Kier alpha value is -0.320. The van der Waals surface area contributed by atoms with Crippen LogP contribution < -0.4 is 5.73 Å². The van der Waals surface area contributed by atoms with Gasteiger partial charge in [-0.25, -0.2) is 0 Å². The first-order chi connectivity index (χ1) is 7.69. The van der Waals surface area contributed by atoms with Crippen molar-refractivity contribution in [2.45, 2.75) is 39.2 Å². The normalized spacial score (nSPS) is 24.3. The zero-order valence-corrected chi connectivity index (χ0v) is 11.7. The number of nitrogens with two attached hydrogens (primary N) is 1. The molecule has 1 heterocycles. The molecule has 0 aliphatic carbocycles. The Morgan fingerprint density at radius 3 is 2.82 bits per heavy atom. The number of nitrogens with zero attached hydrogens (tertiary/aromatic N) is 1. The summed E-state index contributed by atoms with van der Waals surface area (Å²) in [5.41, 5.74) is 5.71. The van der Waals surface area contributed by atoms with Crippen molar-refractivity contribution in [1.29, 1.82) is 0 Å². The second-order valence-corrected chi connectivity index (χ2v) is 4.66. The minimum atomic E-state index is 0. The van der Waals surface area contributed by atoms with Gasteiger partial charge in [0.2, 0.25) is 5.91 Å². The zero-order valence-electron chi connectivity index (χ0n) is 10.9. The minimum absolute atomic E-state index is 0. The molecule has 1 fully saturated rings. The van der Waals surface area contributed by atoms with Gasteiger partial charge in [-0.3, -0.25) is 4.79 Å². The quantitative estimate of drug-likeness (QED) is 0.764. The third-order valence-electron chi connectivity index (χ3n) is 3.14. The Kier molecular flexibility index (Phi) is 8.56. The van der Waals surface area contributed by atoms with Crippen molar-refractivity contribution in [2.24, 2.45) is 11.7 Å². The van der Waals surface area contributed by atoms with Crippen molar-refractivity contribution in [2.75, 3.05) is 26.3 Å². The smallest absolute Gasteiger partial charge is 0.248 e. The van der Waals surface area contributed by atoms with Gasteiger partial charge in [-0.2, -0.15) is 0 Å². The zero-order chi connectivity index (χ0) is 12.0. The SMILES string of the molecule is CCCOCC(=O)N1CCC(C)CC1CN.Cl. The molecule has 0 radical (unpaired) electrons. The lowest BCUT2D eigenvalue weighted by Crippen LogP contribution is -2.50. The van der Waals surface area contributed by atoms with E-state index in [1.165, 1.54) is 0 Å². The fourth-order valence-electron chi connectivity index (χ4n) is 2.19. The Morgan fingerprint density at radius 2 is 2.24 bits per heavy atom. The van der Waals surface area contributed by atoms with Crippen LogP contribution >= 0.6 is 12.4 Å². The predicted octanol–water partition coefficient (Wildman–Crippen LogP) is 1.42. The highest BCUT2D eigenvalue weighted by atomic mass is 35.5. The summed E-state index contributed by atoms with van der Waals surface area (Å²) >= 11 is 0. The van der Waals surface area contributed by atoms with Crippen molar-refractivity contribution in [3.05, 3.63) is 0 Å². The average molecular weight is 265 g/mol. The third-order valence-corrected chi connectivity index (χ3v) is 3.14. The Balaban J connectivity index is 0.00000256. The first-order valence-corrected chi connectivity index (χ1v) is 6.26. The highest BCUT2D eigenvalue weighted by Crippen LogP contribution is 2.21. The van der Waals surface area contributed by atoms with Gasteiger partial charge in [0.1, 0.15) is 6.61 Å². The van der Waals surface area contributed by atoms with Crippen LogP contribution in [0.3, 0.4) is 0 Å². The molecule has 0 aromatic heterocycles. The van der Waals surface area contributed by atoms with E-state index < -0.39 is 0 Å². The largest absolute Gasteiger partial charge is 0.372 e. The summed E-state index contributed by atoms with van der Waals surface area (Å²) in [5.74, 6) is 0.768. The monoisotopic (exact) mass is 264 g/mol. The van der Waals surface area contributed by atoms with Gasteiger partial charge < -0.3 is 15.4 Å². The van der Waals surface area contributed by atoms with Crippen molar-refractivity contribution in [3.8, 4) is 0 Å². The van der Waals surface area contributed by atoms with Crippen molar-refractivity contribution in [3.63, 3.8) is 0 Å². The van der Waals surface area contributed by atoms with Gasteiger partial charge in [0, 0.05) is 25.7 Å². The molecule has 0 aromatic rings. The number of ether oxygens (including phenoxy) is 1. The Morgan fingerprint density at radius 1 is 1.53 bits per heavy atom. The number of amides is 1. The molecule has 0 saturated carbocycles. The molecule has 0 bridgehead atoms. The summed E-state index contributed by atoms with van der Waals surface area (Å²) in [5, 5.41) is 0. The van der Waals surface area contributed by atoms with Crippen molar-refractivity contribution >= 4 is 18.3 Å². The van der Waals surface area contributed by atoms with Crippen LogP contribution in [0.2, 0.25) is 0 Å².